The molecule has 3 aromatic rings. The van der Waals surface area contributed by atoms with Crippen molar-refractivity contribution in [3.8, 4) is 0 Å². The highest BCUT2D eigenvalue weighted by atomic mass is 35.5. The van der Waals surface area contributed by atoms with Gasteiger partial charge in [0, 0.05) is 17.8 Å². The Labute approximate surface area is 187 Å². The van der Waals surface area contributed by atoms with Crippen molar-refractivity contribution in [1.82, 2.24) is 14.5 Å². The molecule has 2 aromatic carbocycles. The molecule has 0 radical (unpaired) electrons. The van der Waals surface area contributed by atoms with E-state index < -0.39 is 28.5 Å². The van der Waals surface area contributed by atoms with Gasteiger partial charge in [0.15, 0.2) is 5.69 Å². The molecule has 1 aliphatic rings. The lowest BCUT2D eigenvalue weighted by atomic mass is 10.1. The van der Waals surface area contributed by atoms with E-state index in [0.717, 1.165) is 21.4 Å². The van der Waals surface area contributed by atoms with Gasteiger partial charge in [0.2, 0.25) is 10.0 Å². The Bertz CT molecular complexity index is 1260. The molecule has 170 valence electrons. The maximum Gasteiger partial charge on any atom is 0.435 e. The Hall–Kier alpha value is -2.40. The number of hydrogen-bond acceptors (Lipinski definition) is 4. The van der Waals surface area contributed by atoms with Crippen LogP contribution in [0.2, 0.25) is 5.02 Å². The van der Waals surface area contributed by atoms with E-state index in [0.29, 0.717) is 12.8 Å². The first-order valence-electron chi connectivity index (χ1n) is 9.69. The summed E-state index contributed by atoms with van der Waals surface area (Å²) in [5.74, 6) is 0. The molecule has 11 heteroatoms. The quantitative estimate of drug-likeness (QED) is 0.559. The Morgan fingerprint density at radius 1 is 1.16 bits per heavy atom. The summed E-state index contributed by atoms with van der Waals surface area (Å²) in [6, 6.07) is 11.3. The lowest BCUT2D eigenvalue weighted by molar-refractivity contribution is -0.142. The standard InChI is InChI=1S/C21H19ClF3N3O3S/c22-18-3-1-2-4-19(18)32(30,31)27-17-8-14-6-5-13(7-15(14)9-17)10-28-11-16(12-29)20(26-28)21(23,24)25/h1-7,11,17,27,29H,8-10,12H2/t17-/m0/s1. The second-order valence-electron chi connectivity index (χ2n) is 7.62. The van der Waals surface area contributed by atoms with Crippen molar-refractivity contribution in [3.05, 3.63) is 81.6 Å². The van der Waals surface area contributed by atoms with Crippen molar-refractivity contribution in [2.75, 3.05) is 0 Å². The van der Waals surface area contributed by atoms with Crippen molar-refractivity contribution in [2.45, 2.75) is 43.1 Å². The third-order valence-corrected chi connectivity index (χ3v) is 7.29. The number of hydrogen-bond donors (Lipinski definition) is 2. The number of aliphatic hydroxyl groups excluding tert-OH is 1. The van der Waals surface area contributed by atoms with Gasteiger partial charge in [0.1, 0.15) is 4.90 Å². The van der Waals surface area contributed by atoms with E-state index in [1.54, 1.807) is 18.2 Å². The van der Waals surface area contributed by atoms with E-state index in [1.807, 2.05) is 12.1 Å². The fourth-order valence-corrected chi connectivity index (χ4v) is 5.64. The van der Waals surface area contributed by atoms with Crippen molar-refractivity contribution in [1.29, 1.82) is 0 Å². The van der Waals surface area contributed by atoms with Gasteiger partial charge in [0.25, 0.3) is 0 Å². The number of halogens is 4. The van der Waals surface area contributed by atoms with E-state index in [2.05, 4.69) is 9.82 Å². The number of fused-ring (bicyclic) bond motifs is 1. The van der Waals surface area contributed by atoms with Gasteiger partial charge in [-0.2, -0.15) is 18.3 Å². The number of rotatable bonds is 6. The number of benzene rings is 2. The summed E-state index contributed by atoms with van der Waals surface area (Å²) in [4.78, 5) is 0.0113. The molecule has 6 nitrogen and oxygen atoms in total. The van der Waals surface area contributed by atoms with Crippen LogP contribution in [0.25, 0.3) is 0 Å². The first kappa shape index (κ1) is 22.8. The van der Waals surface area contributed by atoms with Crippen LogP contribution in [0.15, 0.2) is 53.6 Å². The summed E-state index contributed by atoms with van der Waals surface area (Å²) in [6.45, 7) is -0.668. The molecule has 1 atom stereocenters. The Kier molecular flexibility index (Phi) is 6.06. The predicted octanol–water partition coefficient (Wildman–Crippen LogP) is 3.54. The molecular formula is C21H19ClF3N3O3S. The highest BCUT2D eigenvalue weighted by Crippen LogP contribution is 2.31. The molecule has 2 N–H and O–H groups in total. The maximum atomic E-state index is 13.0. The monoisotopic (exact) mass is 485 g/mol. The van der Waals surface area contributed by atoms with Gasteiger partial charge in [-0.25, -0.2) is 13.1 Å². The molecule has 0 spiro atoms. The van der Waals surface area contributed by atoms with Crippen molar-refractivity contribution in [2.24, 2.45) is 0 Å². The minimum absolute atomic E-state index is 0.0113. The fraction of sp³-hybridized carbons (Fsp3) is 0.286. The smallest absolute Gasteiger partial charge is 0.392 e. The molecular weight excluding hydrogens is 467 g/mol. The lowest BCUT2D eigenvalue weighted by Crippen LogP contribution is -2.35. The summed E-state index contributed by atoms with van der Waals surface area (Å²) in [5, 5.41) is 12.9. The molecule has 4 rings (SSSR count). The Morgan fingerprint density at radius 3 is 2.53 bits per heavy atom. The molecule has 1 heterocycles. The number of sulfonamides is 1. The molecule has 1 aromatic heterocycles. The Morgan fingerprint density at radius 2 is 1.88 bits per heavy atom. The van der Waals surface area contributed by atoms with Crippen molar-refractivity contribution >= 4 is 21.6 Å². The molecule has 0 fully saturated rings. The van der Waals surface area contributed by atoms with Gasteiger partial charge < -0.3 is 5.11 Å². The molecule has 1 aliphatic carbocycles. The normalized spacial score (nSPS) is 16.3. The SMILES string of the molecule is O=S(=O)(N[C@H]1Cc2ccc(Cn3cc(CO)c(C(F)(F)F)n3)cc2C1)c1ccccc1Cl. The minimum Gasteiger partial charge on any atom is -0.392 e. The molecule has 0 bridgehead atoms. The molecule has 32 heavy (non-hydrogen) atoms. The second kappa shape index (κ2) is 8.51. The first-order chi connectivity index (χ1) is 15.1. The summed E-state index contributed by atoms with van der Waals surface area (Å²) >= 11 is 6.02. The van der Waals surface area contributed by atoms with Gasteiger partial charge in [-0.1, -0.05) is 41.9 Å². The zero-order valence-corrected chi connectivity index (χ0v) is 18.2. The fourth-order valence-electron chi connectivity index (χ4n) is 3.88. The average Bonchev–Trinajstić information content (AvgIpc) is 3.30. The van der Waals surface area contributed by atoms with E-state index in [4.69, 9.17) is 11.6 Å². The molecule has 0 saturated heterocycles. The van der Waals surface area contributed by atoms with E-state index >= 15 is 0 Å². The van der Waals surface area contributed by atoms with E-state index in [-0.39, 0.29) is 28.1 Å². The third kappa shape index (κ3) is 4.68. The van der Waals surface area contributed by atoms with Crippen LogP contribution in [0.4, 0.5) is 13.2 Å². The topological polar surface area (TPSA) is 84.2 Å². The van der Waals surface area contributed by atoms with Crippen LogP contribution in [0.5, 0.6) is 0 Å². The Balaban J connectivity index is 1.49. The van der Waals surface area contributed by atoms with Gasteiger partial charge in [-0.05, 0) is 41.7 Å². The second-order valence-corrected chi connectivity index (χ2v) is 9.71. The lowest BCUT2D eigenvalue weighted by Gasteiger charge is -2.13. The third-order valence-electron chi connectivity index (χ3n) is 5.27. The summed E-state index contributed by atoms with van der Waals surface area (Å²) in [7, 11) is -3.80. The molecule has 0 aliphatic heterocycles. The van der Waals surface area contributed by atoms with Crippen LogP contribution in [0.1, 0.15) is 27.9 Å². The molecule has 0 unspecified atom stereocenters. The zero-order chi connectivity index (χ0) is 23.1. The minimum atomic E-state index is -4.65. The first-order valence-corrected chi connectivity index (χ1v) is 11.5. The highest BCUT2D eigenvalue weighted by Gasteiger charge is 2.37. The maximum absolute atomic E-state index is 13.0. The van der Waals surface area contributed by atoms with Crippen molar-refractivity contribution in [3.63, 3.8) is 0 Å². The average molecular weight is 486 g/mol. The molecule has 0 amide bonds. The van der Waals surface area contributed by atoms with Gasteiger partial charge in [-0.3, -0.25) is 4.68 Å². The van der Waals surface area contributed by atoms with Crippen LogP contribution in [0.3, 0.4) is 0 Å². The number of aliphatic hydroxyl groups is 1. The van der Waals surface area contributed by atoms with Crippen LogP contribution < -0.4 is 4.72 Å². The van der Waals surface area contributed by atoms with Gasteiger partial charge in [0.05, 0.1) is 18.2 Å². The zero-order valence-electron chi connectivity index (χ0n) is 16.6. The summed E-state index contributed by atoms with van der Waals surface area (Å²) < 4.78 is 68.3. The summed E-state index contributed by atoms with van der Waals surface area (Å²) in [5.41, 5.74) is 1.22. The van der Waals surface area contributed by atoms with Crippen LogP contribution in [-0.4, -0.2) is 29.3 Å². The largest absolute Gasteiger partial charge is 0.435 e. The van der Waals surface area contributed by atoms with E-state index in [1.165, 1.54) is 18.3 Å². The number of nitrogens with zero attached hydrogens (tertiary/aromatic N) is 2. The van der Waals surface area contributed by atoms with E-state index in [9.17, 15) is 26.7 Å². The highest BCUT2D eigenvalue weighted by molar-refractivity contribution is 7.89. The van der Waals surface area contributed by atoms with Crippen LogP contribution in [0, 0.1) is 0 Å². The van der Waals surface area contributed by atoms with Crippen LogP contribution >= 0.6 is 11.6 Å². The predicted molar refractivity (Wildman–Crippen MR) is 112 cm³/mol. The van der Waals surface area contributed by atoms with Gasteiger partial charge in [-0.15, -0.1) is 0 Å². The van der Waals surface area contributed by atoms with Gasteiger partial charge >= 0.3 is 6.18 Å². The number of aromatic nitrogens is 2. The summed E-state index contributed by atoms with van der Waals surface area (Å²) in [6.07, 6.45) is -2.53. The van der Waals surface area contributed by atoms with Crippen LogP contribution in [-0.2, 0) is 42.2 Å². The number of nitrogens with one attached hydrogen (secondary N) is 1. The number of alkyl halides is 3. The molecule has 0 saturated carbocycles. The van der Waals surface area contributed by atoms with Crippen molar-refractivity contribution < 1.29 is 26.7 Å².